The third-order valence-corrected chi connectivity index (χ3v) is 4.80. The van der Waals surface area contributed by atoms with Crippen molar-refractivity contribution in [2.24, 2.45) is 0 Å². The third kappa shape index (κ3) is 4.46. The summed E-state index contributed by atoms with van der Waals surface area (Å²) in [6, 6.07) is 11.5. The first-order chi connectivity index (χ1) is 14.6. The number of carbonyl (C=O) groups excluding carboxylic acids is 1. The van der Waals surface area contributed by atoms with Crippen LogP contribution < -0.4 is 14.8 Å². The minimum absolute atomic E-state index is 0.134. The van der Waals surface area contributed by atoms with Crippen molar-refractivity contribution in [3.8, 4) is 22.9 Å². The van der Waals surface area contributed by atoms with Gasteiger partial charge in [-0.3, -0.25) is 9.78 Å². The van der Waals surface area contributed by atoms with Crippen LogP contribution in [0.5, 0.6) is 11.6 Å². The first-order valence-electron chi connectivity index (χ1n) is 9.66. The van der Waals surface area contributed by atoms with Gasteiger partial charge in [-0.2, -0.15) is 0 Å². The third-order valence-electron chi connectivity index (χ3n) is 4.80. The molecule has 1 aliphatic heterocycles. The Balaban J connectivity index is 1.42. The van der Waals surface area contributed by atoms with Crippen LogP contribution in [0.2, 0.25) is 0 Å². The summed E-state index contributed by atoms with van der Waals surface area (Å²) < 4.78 is 11.3. The molecule has 1 aromatic carbocycles. The van der Waals surface area contributed by atoms with Crippen LogP contribution in [-0.4, -0.2) is 40.8 Å². The minimum Gasteiger partial charge on any atom is -0.487 e. The number of fused-ring (bicyclic) bond motifs is 1. The molecule has 1 atom stereocenters. The maximum atomic E-state index is 12.1. The number of ether oxygens (including phenoxy) is 2. The molecule has 0 fully saturated rings. The van der Waals surface area contributed by atoms with E-state index in [4.69, 9.17) is 9.47 Å². The van der Waals surface area contributed by atoms with Gasteiger partial charge in [0.2, 0.25) is 11.8 Å². The second-order valence-corrected chi connectivity index (χ2v) is 7.06. The lowest BCUT2D eigenvalue weighted by Crippen LogP contribution is -2.33. The molecule has 3 heterocycles. The first kappa shape index (κ1) is 19.6. The van der Waals surface area contributed by atoms with Crippen LogP contribution in [0.25, 0.3) is 17.3 Å². The predicted molar refractivity (Wildman–Crippen MR) is 113 cm³/mol. The van der Waals surface area contributed by atoms with E-state index in [0.717, 1.165) is 40.1 Å². The lowest BCUT2D eigenvalue weighted by atomic mass is 10.0. The van der Waals surface area contributed by atoms with Gasteiger partial charge >= 0.3 is 0 Å². The van der Waals surface area contributed by atoms with Gasteiger partial charge in [0.25, 0.3) is 0 Å². The number of pyridine rings is 1. The Morgan fingerprint density at radius 2 is 2.07 bits per heavy atom. The van der Waals surface area contributed by atoms with E-state index in [1.165, 1.54) is 6.08 Å². The highest BCUT2D eigenvalue weighted by molar-refractivity contribution is 5.91. The molecule has 3 aromatic rings. The van der Waals surface area contributed by atoms with Gasteiger partial charge in [0.15, 0.2) is 0 Å². The Hall–Kier alpha value is -3.74. The van der Waals surface area contributed by atoms with Gasteiger partial charge in [0.1, 0.15) is 11.9 Å². The van der Waals surface area contributed by atoms with Gasteiger partial charge in [-0.15, -0.1) is 10.2 Å². The number of amides is 1. The van der Waals surface area contributed by atoms with Crippen molar-refractivity contribution < 1.29 is 14.3 Å². The first-order valence-corrected chi connectivity index (χ1v) is 9.66. The van der Waals surface area contributed by atoms with E-state index in [9.17, 15) is 4.79 Å². The summed E-state index contributed by atoms with van der Waals surface area (Å²) in [6.45, 7) is 2.46. The minimum atomic E-state index is -0.163. The second kappa shape index (κ2) is 8.73. The quantitative estimate of drug-likeness (QED) is 0.638. The maximum Gasteiger partial charge on any atom is 0.244 e. The molecular formula is C23H22N4O3. The number of aromatic nitrogens is 3. The molecule has 0 saturated heterocycles. The topological polar surface area (TPSA) is 86.2 Å². The number of rotatable bonds is 6. The molecule has 152 valence electrons. The number of hydrogen-bond donors (Lipinski definition) is 1. The van der Waals surface area contributed by atoms with E-state index in [1.54, 1.807) is 31.6 Å². The molecule has 0 aliphatic carbocycles. The number of benzene rings is 1. The lowest BCUT2D eigenvalue weighted by Gasteiger charge is -2.13. The molecule has 0 bridgehead atoms. The lowest BCUT2D eigenvalue weighted by molar-refractivity contribution is -0.116. The molecule has 0 saturated carbocycles. The van der Waals surface area contributed by atoms with Crippen molar-refractivity contribution in [3.05, 3.63) is 71.6 Å². The summed E-state index contributed by atoms with van der Waals surface area (Å²) in [6.07, 6.45) is 7.24. The largest absolute Gasteiger partial charge is 0.487 e. The van der Waals surface area contributed by atoms with Crippen molar-refractivity contribution in [2.45, 2.75) is 19.4 Å². The highest BCUT2D eigenvalue weighted by Crippen LogP contribution is 2.39. The summed E-state index contributed by atoms with van der Waals surface area (Å²) in [5, 5.41) is 11.2. The van der Waals surface area contributed by atoms with Gasteiger partial charge in [-0.25, -0.2) is 0 Å². The van der Waals surface area contributed by atoms with Crippen molar-refractivity contribution in [3.63, 3.8) is 0 Å². The van der Waals surface area contributed by atoms with Crippen molar-refractivity contribution >= 4 is 12.0 Å². The molecule has 0 unspecified atom stereocenters. The van der Waals surface area contributed by atoms with E-state index in [1.807, 2.05) is 31.2 Å². The van der Waals surface area contributed by atoms with Crippen LogP contribution in [0.4, 0.5) is 0 Å². The van der Waals surface area contributed by atoms with Crippen molar-refractivity contribution in [1.29, 1.82) is 0 Å². The van der Waals surface area contributed by atoms with Crippen LogP contribution in [0.3, 0.4) is 0 Å². The smallest absolute Gasteiger partial charge is 0.244 e. The molecule has 4 rings (SSSR count). The second-order valence-electron chi connectivity index (χ2n) is 7.06. The zero-order chi connectivity index (χ0) is 20.9. The highest BCUT2D eigenvalue weighted by Gasteiger charge is 2.27. The Morgan fingerprint density at radius 3 is 2.80 bits per heavy atom. The molecule has 7 heteroatoms. The Morgan fingerprint density at radius 1 is 1.23 bits per heavy atom. The van der Waals surface area contributed by atoms with E-state index in [-0.39, 0.29) is 12.0 Å². The zero-order valence-electron chi connectivity index (χ0n) is 16.8. The van der Waals surface area contributed by atoms with Gasteiger partial charge < -0.3 is 14.8 Å². The van der Waals surface area contributed by atoms with Crippen LogP contribution in [0.1, 0.15) is 16.7 Å². The van der Waals surface area contributed by atoms with Gasteiger partial charge in [-0.05, 0) is 54.0 Å². The van der Waals surface area contributed by atoms with Crippen molar-refractivity contribution in [1.82, 2.24) is 20.5 Å². The highest BCUT2D eigenvalue weighted by atomic mass is 16.5. The molecule has 0 spiro atoms. The van der Waals surface area contributed by atoms with Crippen LogP contribution in [-0.2, 0) is 11.2 Å². The van der Waals surface area contributed by atoms with E-state index in [2.05, 4.69) is 26.6 Å². The normalized spacial score (nSPS) is 14.9. The fourth-order valence-corrected chi connectivity index (χ4v) is 3.39. The Bertz CT molecular complexity index is 1070. The summed E-state index contributed by atoms with van der Waals surface area (Å²) in [4.78, 5) is 16.1. The van der Waals surface area contributed by atoms with Gasteiger partial charge in [-0.1, -0.05) is 6.07 Å². The maximum absolute atomic E-state index is 12.1. The Kier molecular flexibility index (Phi) is 5.70. The number of nitrogens with one attached hydrogen (secondary N) is 1. The molecular weight excluding hydrogens is 380 g/mol. The average molecular weight is 402 g/mol. The van der Waals surface area contributed by atoms with E-state index < -0.39 is 0 Å². The van der Waals surface area contributed by atoms with Crippen molar-refractivity contribution in [2.75, 3.05) is 13.7 Å². The standard InChI is InChI=1S/C23H22N4O3/c1-15-11-17-13-18(14-25-21(28)5-3-16-7-9-24-10-8-16)30-23(17)19(12-15)20-4-6-22(29-2)27-26-20/h3-12,18H,13-14H2,1-2H3,(H,25,28)/b5-3+/t18-/m0/s1. The monoisotopic (exact) mass is 402 g/mol. The SMILES string of the molecule is COc1ccc(-c2cc(C)cc3c2O[C@H](CNC(=O)/C=C/c2ccncc2)C3)nn1. The summed E-state index contributed by atoms with van der Waals surface area (Å²) >= 11 is 0. The number of nitrogens with zero attached hydrogens (tertiary/aromatic N) is 3. The van der Waals surface area contributed by atoms with Crippen LogP contribution in [0, 0.1) is 6.92 Å². The molecule has 0 radical (unpaired) electrons. The predicted octanol–water partition coefficient (Wildman–Crippen LogP) is 2.99. The summed E-state index contributed by atoms with van der Waals surface area (Å²) in [5.74, 6) is 1.10. The number of carbonyl (C=O) groups is 1. The molecule has 7 nitrogen and oxygen atoms in total. The Labute approximate surface area is 174 Å². The van der Waals surface area contributed by atoms with Gasteiger partial charge in [0, 0.05) is 36.5 Å². The molecule has 30 heavy (non-hydrogen) atoms. The molecule has 1 aliphatic rings. The average Bonchev–Trinajstić information content (AvgIpc) is 3.19. The number of hydrogen-bond acceptors (Lipinski definition) is 6. The van der Waals surface area contributed by atoms with Crippen LogP contribution >= 0.6 is 0 Å². The molecule has 1 amide bonds. The summed E-state index contributed by atoms with van der Waals surface area (Å²) in [5.41, 5.74) is 4.77. The zero-order valence-corrected chi connectivity index (χ0v) is 16.8. The summed E-state index contributed by atoms with van der Waals surface area (Å²) in [7, 11) is 1.56. The fraction of sp³-hybridized carbons (Fsp3) is 0.217. The number of aryl methyl sites for hydroxylation is 1. The van der Waals surface area contributed by atoms with Crippen LogP contribution in [0.15, 0.2) is 54.9 Å². The molecule has 2 aromatic heterocycles. The fourth-order valence-electron chi connectivity index (χ4n) is 3.39. The number of methoxy groups -OCH3 is 1. The van der Waals surface area contributed by atoms with E-state index in [0.29, 0.717) is 12.4 Å². The molecule has 1 N–H and O–H groups in total. The van der Waals surface area contributed by atoms with E-state index >= 15 is 0 Å². The van der Waals surface area contributed by atoms with Gasteiger partial charge in [0.05, 0.1) is 19.3 Å².